The predicted octanol–water partition coefficient (Wildman–Crippen LogP) is 1.51. The topological polar surface area (TPSA) is 105 Å². The van der Waals surface area contributed by atoms with E-state index in [1.165, 1.54) is 0 Å². The summed E-state index contributed by atoms with van der Waals surface area (Å²) in [6.07, 6.45) is 1.16. The van der Waals surface area contributed by atoms with Gasteiger partial charge in [-0.2, -0.15) is 5.10 Å². The van der Waals surface area contributed by atoms with Gasteiger partial charge in [0.05, 0.1) is 5.69 Å². The summed E-state index contributed by atoms with van der Waals surface area (Å²) in [5.74, 6) is 1.20. The smallest absolute Gasteiger partial charge is 0.320 e. The van der Waals surface area contributed by atoms with E-state index in [2.05, 4.69) is 20.9 Å². The number of amides is 3. The monoisotopic (exact) mass is 346 g/mol. The Kier molecular flexibility index (Phi) is 4.47. The maximum atomic E-state index is 12.6. The van der Waals surface area contributed by atoms with Gasteiger partial charge in [0.1, 0.15) is 23.2 Å². The number of carbonyl (C=O) groups excluding carboxylic acids is 2. The van der Waals surface area contributed by atoms with Crippen molar-refractivity contribution in [2.24, 2.45) is 7.05 Å². The van der Waals surface area contributed by atoms with E-state index in [9.17, 15) is 9.59 Å². The lowest BCUT2D eigenvalue weighted by Crippen LogP contribution is -2.43. The van der Waals surface area contributed by atoms with Crippen LogP contribution >= 0.6 is 0 Å². The molecule has 0 aromatic carbocycles. The molecule has 1 fully saturated rings. The number of anilines is 2. The average Bonchev–Trinajstić information content (AvgIpc) is 3.19. The van der Waals surface area contributed by atoms with Gasteiger partial charge in [-0.3, -0.25) is 14.4 Å². The molecule has 2 N–H and O–H groups in total. The molecular weight excluding hydrogens is 324 g/mol. The third-order valence-electron chi connectivity index (χ3n) is 4.26. The molecule has 25 heavy (non-hydrogen) atoms. The second kappa shape index (κ2) is 6.58. The van der Waals surface area contributed by atoms with Crippen LogP contribution in [0.15, 0.2) is 10.6 Å². The molecule has 0 bridgehead atoms. The second-order valence-corrected chi connectivity index (χ2v) is 6.12. The molecule has 1 aliphatic rings. The Labute approximate surface area is 145 Å². The third-order valence-corrected chi connectivity index (χ3v) is 4.26. The molecule has 1 atom stereocenters. The molecule has 2 aromatic heterocycles. The Morgan fingerprint density at radius 3 is 2.84 bits per heavy atom. The Balaban J connectivity index is 1.66. The minimum absolute atomic E-state index is 0.143. The summed E-state index contributed by atoms with van der Waals surface area (Å²) in [5.41, 5.74) is 2.01. The highest BCUT2D eigenvalue weighted by Crippen LogP contribution is 2.23. The summed E-state index contributed by atoms with van der Waals surface area (Å²) in [5, 5.41) is 13.6. The molecule has 1 aliphatic heterocycles. The maximum absolute atomic E-state index is 12.6. The van der Waals surface area contributed by atoms with Gasteiger partial charge >= 0.3 is 6.03 Å². The highest BCUT2D eigenvalue weighted by atomic mass is 16.5. The van der Waals surface area contributed by atoms with Crippen LogP contribution in [0.2, 0.25) is 0 Å². The Hall–Kier alpha value is -2.84. The molecular formula is C16H22N6O3. The molecule has 0 spiro atoms. The molecule has 9 heteroatoms. The quantitative estimate of drug-likeness (QED) is 0.873. The third kappa shape index (κ3) is 3.21. The Bertz CT molecular complexity index is 809. The number of nitrogens with one attached hydrogen (secondary N) is 2. The summed E-state index contributed by atoms with van der Waals surface area (Å²) < 4.78 is 6.82. The van der Waals surface area contributed by atoms with E-state index in [1.54, 1.807) is 23.6 Å². The van der Waals surface area contributed by atoms with Gasteiger partial charge in [-0.25, -0.2) is 4.79 Å². The highest BCUT2D eigenvalue weighted by Gasteiger charge is 2.35. The van der Waals surface area contributed by atoms with Gasteiger partial charge in [-0.1, -0.05) is 12.1 Å². The van der Waals surface area contributed by atoms with Crippen LogP contribution in [0.4, 0.5) is 16.3 Å². The van der Waals surface area contributed by atoms with Gasteiger partial charge in [-0.15, -0.1) is 0 Å². The zero-order chi connectivity index (χ0) is 18.1. The minimum atomic E-state index is -0.569. The van der Waals surface area contributed by atoms with Gasteiger partial charge in [0.2, 0.25) is 0 Å². The molecule has 1 saturated heterocycles. The van der Waals surface area contributed by atoms with Gasteiger partial charge in [0, 0.05) is 26.1 Å². The number of rotatable bonds is 4. The molecule has 3 amide bonds. The first-order valence-electron chi connectivity index (χ1n) is 8.25. The van der Waals surface area contributed by atoms with Crippen molar-refractivity contribution < 1.29 is 14.1 Å². The first-order chi connectivity index (χ1) is 11.9. The predicted molar refractivity (Wildman–Crippen MR) is 91.5 cm³/mol. The largest absolute Gasteiger partial charge is 0.359 e. The molecule has 0 aliphatic carbocycles. The average molecular weight is 346 g/mol. The van der Waals surface area contributed by atoms with Crippen molar-refractivity contribution in [2.75, 3.05) is 16.8 Å². The van der Waals surface area contributed by atoms with Crippen molar-refractivity contribution in [3.8, 4) is 0 Å². The fourth-order valence-corrected chi connectivity index (χ4v) is 3.02. The molecule has 9 nitrogen and oxygen atoms in total. The first-order valence-corrected chi connectivity index (χ1v) is 8.25. The Morgan fingerprint density at radius 1 is 1.44 bits per heavy atom. The lowest BCUT2D eigenvalue weighted by Gasteiger charge is -2.17. The number of carbonyl (C=O) groups is 2. The number of hydrogen-bond donors (Lipinski definition) is 2. The van der Waals surface area contributed by atoms with Crippen LogP contribution < -0.4 is 15.5 Å². The van der Waals surface area contributed by atoms with Crippen LogP contribution in [0.5, 0.6) is 0 Å². The van der Waals surface area contributed by atoms with Gasteiger partial charge in [-0.05, 0) is 20.3 Å². The molecule has 0 unspecified atom stereocenters. The number of hydrogen-bond acceptors (Lipinski definition) is 5. The van der Waals surface area contributed by atoms with E-state index in [0.717, 1.165) is 11.5 Å². The molecule has 2 aromatic rings. The molecule has 0 radical (unpaired) electrons. The molecule has 3 rings (SSSR count). The lowest BCUT2D eigenvalue weighted by atomic mass is 10.2. The number of aryl methyl sites for hydroxylation is 4. The van der Waals surface area contributed by atoms with Gasteiger partial charge in [0.15, 0.2) is 5.76 Å². The van der Waals surface area contributed by atoms with Gasteiger partial charge in [0.25, 0.3) is 5.91 Å². The minimum Gasteiger partial charge on any atom is -0.359 e. The SMILES string of the molecule is CCc1onc(C)c1NC(=O)N[C@H]1CCN(c2cc(C)nn2C)C1=O. The summed E-state index contributed by atoms with van der Waals surface area (Å²) in [4.78, 5) is 26.5. The van der Waals surface area contributed by atoms with Crippen LogP contribution in [0, 0.1) is 13.8 Å². The lowest BCUT2D eigenvalue weighted by molar-refractivity contribution is -0.118. The fourth-order valence-electron chi connectivity index (χ4n) is 3.02. The highest BCUT2D eigenvalue weighted by molar-refractivity contribution is 6.02. The maximum Gasteiger partial charge on any atom is 0.320 e. The molecule has 0 saturated carbocycles. The standard InChI is InChI=1S/C16H22N6O3/c1-5-12-14(10(3)20-25-12)18-16(24)17-11-6-7-22(15(11)23)13-8-9(2)19-21(13)4/h8,11H,5-7H2,1-4H3,(H2,17,18,24)/t11-/m0/s1. The van der Waals surface area contributed by atoms with Crippen molar-refractivity contribution in [1.29, 1.82) is 0 Å². The van der Waals surface area contributed by atoms with Crippen LogP contribution in [0.3, 0.4) is 0 Å². The van der Waals surface area contributed by atoms with Crippen LogP contribution in [-0.2, 0) is 18.3 Å². The fraction of sp³-hybridized carbons (Fsp3) is 0.500. The van der Waals surface area contributed by atoms with Crippen molar-refractivity contribution in [2.45, 2.75) is 39.7 Å². The summed E-state index contributed by atoms with van der Waals surface area (Å²) in [6.45, 7) is 6.08. The van der Waals surface area contributed by atoms with Crippen LogP contribution in [0.25, 0.3) is 0 Å². The van der Waals surface area contributed by atoms with E-state index < -0.39 is 12.1 Å². The molecule has 3 heterocycles. The zero-order valence-corrected chi connectivity index (χ0v) is 14.8. The number of aromatic nitrogens is 3. The first kappa shape index (κ1) is 17.0. The summed E-state index contributed by atoms with van der Waals surface area (Å²) in [6, 6.07) is 0.844. The van der Waals surface area contributed by atoms with Crippen molar-refractivity contribution in [1.82, 2.24) is 20.3 Å². The van der Waals surface area contributed by atoms with E-state index in [0.29, 0.717) is 36.5 Å². The van der Waals surface area contributed by atoms with Crippen LogP contribution in [0.1, 0.15) is 30.5 Å². The summed E-state index contributed by atoms with van der Waals surface area (Å²) in [7, 11) is 1.80. The number of urea groups is 1. The van der Waals surface area contributed by atoms with Crippen molar-refractivity contribution in [3.63, 3.8) is 0 Å². The van der Waals surface area contributed by atoms with Gasteiger partial charge < -0.3 is 15.2 Å². The van der Waals surface area contributed by atoms with E-state index in [-0.39, 0.29) is 5.91 Å². The van der Waals surface area contributed by atoms with E-state index in [4.69, 9.17) is 4.52 Å². The number of nitrogens with zero attached hydrogens (tertiary/aromatic N) is 4. The van der Waals surface area contributed by atoms with Crippen molar-refractivity contribution >= 4 is 23.4 Å². The summed E-state index contributed by atoms with van der Waals surface area (Å²) >= 11 is 0. The van der Waals surface area contributed by atoms with Crippen LogP contribution in [-0.4, -0.2) is 39.5 Å². The van der Waals surface area contributed by atoms with Crippen molar-refractivity contribution in [3.05, 3.63) is 23.2 Å². The zero-order valence-electron chi connectivity index (χ0n) is 14.8. The Morgan fingerprint density at radius 2 is 2.20 bits per heavy atom. The van der Waals surface area contributed by atoms with E-state index in [1.807, 2.05) is 19.9 Å². The molecule has 134 valence electrons. The second-order valence-electron chi connectivity index (χ2n) is 6.12. The van der Waals surface area contributed by atoms with E-state index >= 15 is 0 Å². The normalized spacial score (nSPS) is 17.2.